The van der Waals surface area contributed by atoms with Crippen LogP contribution in [0, 0.1) is 11.8 Å². The van der Waals surface area contributed by atoms with Crippen LogP contribution in [-0.2, 0) is 9.59 Å². The molecule has 0 aliphatic carbocycles. The van der Waals surface area contributed by atoms with Crippen LogP contribution in [-0.4, -0.2) is 41.6 Å². The van der Waals surface area contributed by atoms with Gasteiger partial charge in [-0.2, -0.15) is 11.8 Å². The molecule has 0 radical (unpaired) electrons. The minimum atomic E-state index is -0.765. The van der Waals surface area contributed by atoms with Gasteiger partial charge < -0.3 is 16.2 Å². The summed E-state index contributed by atoms with van der Waals surface area (Å²) in [7, 11) is 0. The Morgan fingerprint density at radius 3 is 2.40 bits per heavy atom. The smallest absolute Gasteiger partial charge is 0.303 e. The Labute approximate surface area is 126 Å². The molecular formula is C14H28N2O3S. The Hall–Kier alpha value is -0.750. The summed E-state index contributed by atoms with van der Waals surface area (Å²) >= 11 is 1.67. The van der Waals surface area contributed by atoms with Crippen molar-refractivity contribution in [2.24, 2.45) is 17.6 Å². The fraction of sp³-hybridized carbons (Fsp3) is 0.857. The normalized spacial score (nSPS) is 14.1. The largest absolute Gasteiger partial charge is 0.481 e. The summed E-state index contributed by atoms with van der Waals surface area (Å²) < 4.78 is 0. The lowest BCUT2D eigenvalue weighted by Gasteiger charge is -2.20. The summed E-state index contributed by atoms with van der Waals surface area (Å²) in [5, 5.41) is 11.6. The van der Waals surface area contributed by atoms with E-state index in [2.05, 4.69) is 19.2 Å². The molecule has 0 bridgehead atoms. The van der Waals surface area contributed by atoms with E-state index in [4.69, 9.17) is 10.8 Å². The number of hydrogen-bond acceptors (Lipinski definition) is 4. The van der Waals surface area contributed by atoms with E-state index < -0.39 is 12.0 Å². The van der Waals surface area contributed by atoms with Gasteiger partial charge in [0.15, 0.2) is 0 Å². The molecule has 0 fully saturated rings. The van der Waals surface area contributed by atoms with Crippen molar-refractivity contribution < 1.29 is 14.7 Å². The third-order valence-corrected chi connectivity index (χ3v) is 4.10. The highest BCUT2D eigenvalue weighted by Crippen LogP contribution is 2.20. The number of rotatable bonds is 11. The average Bonchev–Trinajstić information content (AvgIpc) is 2.38. The molecule has 0 aliphatic heterocycles. The van der Waals surface area contributed by atoms with Gasteiger partial charge in [-0.15, -0.1) is 0 Å². The van der Waals surface area contributed by atoms with Gasteiger partial charge >= 0.3 is 5.97 Å². The Morgan fingerprint density at radius 2 is 1.90 bits per heavy atom. The minimum absolute atomic E-state index is 0.111. The van der Waals surface area contributed by atoms with Gasteiger partial charge in [-0.05, 0) is 43.1 Å². The topological polar surface area (TPSA) is 92.4 Å². The monoisotopic (exact) mass is 304 g/mol. The lowest BCUT2D eigenvalue weighted by atomic mass is 9.88. The summed E-state index contributed by atoms with van der Waals surface area (Å²) in [4.78, 5) is 22.3. The molecule has 0 saturated heterocycles. The van der Waals surface area contributed by atoms with Crippen LogP contribution >= 0.6 is 11.8 Å². The van der Waals surface area contributed by atoms with E-state index >= 15 is 0 Å². The van der Waals surface area contributed by atoms with Crippen LogP contribution in [0.2, 0.25) is 0 Å². The molecule has 4 N–H and O–H groups in total. The Kier molecular flexibility index (Phi) is 10.6. The van der Waals surface area contributed by atoms with E-state index in [9.17, 15) is 9.59 Å². The van der Waals surface area contributed by atoms with Crippen LogP contribution in [0.4, 0.5) is 0 Å². The first-order valence-corrected chi connectivity index (χ1v) is 8.51. The molecule has 0 heterocycles. The van der Waals surface area contributed by atoms with Crippen LogP contribution in [0.5, 0.6) is 0 Å². The molecule has 1 unspecified atom stereocenters. The summed E-state index contributed by atoms with van der Waals surface area (Å²) in [5.74, 6) is 0.728. The van der Waals surface area contributed by atoms with E-state index in [-0.39, 0.29) is 12.3 Å². The fourth-order valence-electron chi connectivity index (χ4n) is 2.01. The summed E-state index contributed by atoms with van der Waals surface area (Å²) in [5.41, 5.74) is 5.78. The molecule has 0 aromatic heterocycles. The van der Waals surface area contributed by atoms with Gasteiger partial charge in [0, 0.05) is 13.0 Å². The summed E-state index contributed by atoms with van der Waals surface area (Å²) in [6.07, 6.45) is 4.30. The standard InChI is InChI=1S/C14H28N2O3S/c1-10(2)11(4-5-13(17)18)6-8-16-14(19)12(15)7-9-20-3/h10-12H,4-9,15H2,1-3H3,(H,16,19)(H,17,18)/t11?,12-/m0/s1. The average molecular weight is 304 g/mol. The zero-order valence-electron chi connectivity index (χ0n) is 12.7. The molecular weight excluding hydrogens is 276 g/mol. The second-order valence-electron chi connectivity index (χ2n) is 5.40. The van der Waals surface area contributed by atoms with Gasteiger partial charge in [-0.25, -0.2) is 0 Å². The molecule has 5 nitrogen and oxygen atoms in total. The number of carbonyl (C=O) groups is 2. The first kappa shape index (κ1) is 19.2. The fourth-order valence-corrected chi connectivity index (χ4v) is 2.50. The van der Waals surface area contributed by atoms with Crippen molar-refractivity contribution in [2.75, 3.05) is 18.6 Å². The van der Waals surface area contributed by atoms with Crippen molar-refractivity contribution in [2.45, 2.75) is 45.6 Å². The van der Waals surface area contributed by atoms with E-state index in [0.717, 1.165) is 12.2 Å². The highest BCUT2D eigenvalue weighted by molar-refractivity contribution is 7.98. The van der Waals surface area contributed by atoms with E-state index in [1.165, 1.54) is 0 Å². The van der Waals surface area contributed by atoms with E-state index in [1.54, 1.807) is 11.8 Å². The Morgan fingerprint density at radius 1 is 1.25 bits per heavy atom. The maximum absolute atomic E-state index is 11.7. The van der Waals surface area contributed by atoms with Crippen LogP contribution in [0.25, 0.3) is 0 Å². The molecule has 1 amide bonds. The van der Waals surface area contributed by atoms with E-state index in [0.29, 0.717) is 31.2 Å². The molecule has 0 aromatic carbocycles. The third-order valence-electron chi connectivity index (χ3n) is 3.46. The van der Waals surface area contributed by atoms with Crippen molar-refractivity contribution in [3.63, 3.8) is 0 Å². The van der Waals surface area contributed by atoms with Crippen LogP contribution < -0.4 is 11.1 Å². The zero-order valence-corrected chi connectivity index (χ0v) is 13.5. The van der Waals surface area contributed by atoms with Gasteiger partial charge in [0.25, 0.3) is 0 Å². The summed E-state index contributed by atoms with van der Waals surface area (Å²) in [6, 6.07) is -0.445. The zero-order chi connectivity index (χ0) is 15.5. The van der Waals surface area contributed by atoms with Gasteiger partial charge in [-0.1, -0.05) is 13.8 Å². The van der Waals surface area contributed by atoms with Crippen molar-refractivity contribution in [1.29, 1.82) is 0 Å². The molecule has 6 heteroatoms. The molecule has 0 spiro atoms. The molecule has 0 aliphatic rings. The van der Waals surface area contributed by atoms with Crippen molar-refractivity contribution in [3.05, 3.63) is 0 Å². The molecule has 0 aromatic rings. The number of amides is 1. The van der Waals surface area contributed by atoms with Gasteiger partial charge in [0.1, 0.15) is 0 Å². The first-order chi connectivity index (χ1) is 9.38. The minimum Gasteiger partial charge on any atom is -0.481 e. The maximum Gasteiger partial charge on any atom is 0.303 e. The van der Waals surface area contributed by atoms with Gasteiger partial charge in [0.2, 0.25) is 5.91 Å². The van der Waals surface area contributed by atoms with Crippen molar-refractivity contribution >= 4 is 23.6 Å². The second kappa shape index (κ2) is 11.0. The second-order valence-corrected chi connectivity index (χ2v) is 6.39. The quantitative estimate of drug-likeness (QED) is 0.540. The van der Waals surface area contributed by atoms with Crippen LogP contribution in [0.3, 0.4) is 0 Å². The number of aliphatic carboxylic acids is 1. The number of carboxylic acids is 1. The number of thioether (sulfide) groups is 1. The molecule has 2 atom stereocenters. The molecule has 0 rings (SSSR count). The van der Waals surface area contributed by atoms with Gasteiger partial charge in [-0.3, -0.25) is 9.59 Å². The van der Waals surface area contributed by atoms with Crippen LogP contribution in [0.15, 0.2) is 0 Å². The molecule has 0 saturated carbocycles. The number of nitrogens with one attached hydrogen (secondary N) is 1. The van der Waals surface area contributed by atoms with Crippen LogP contribution in [0.1, 0.15) is 39.5 Å². The van der Waals surface area contributed by atoms with Crippen molar-refractivity contribution in [1.82, 2.24) is 5.32 Å². The highest BCUT2D eigenvalue weighted by atomic mass is 32.2. The number of carbonyl (C=O) groups excluding carboxylic acids is 1. The molecule has 20 heavy (non-hydrogen) atoms. The lowest BCUT2D eigenvalue weighted by Crippen LogP contribution is -2.41. The highest BCUT2D eigenvalue weighted by Gasteiger charge is 2.17. The van der Waals surface area contributed by atoms with E-state index in [1.807, 2.05) is 6.26 Å². The SMILES string of the molecule is CSCC[C@H](N)C(=O)NCCC(CCC(=O)O)C(C)C. The Balaban J connectivity index is 3.98. The predicted molar refractivity (Wildman–Crippen MR) is 83.8 cm³/mol. The lowest BCUT2D eigenvalue weighted by molar-refractivity contribution is -0.137. The first-order valence-electron chi connectivity index (χ1n) is 7.12. The Bertz CT molecular complexity index is 298. The van der Waals surface area contributed by atoms with Gasteiger partial charge in [0.05, 0.1) is 6.04 Å². The number of carboxylic acid groups (broad SMARTS) is 1. The maximum atomic E-state index is 11.7. The number of hydrogen-bond donors (Lipinski definition) is 3. The third kappa shape index (κ3) is 9.20. The molecule has 118 valence electrons. The summed E-state index contributed by atoms with van der Waals surface area (Å²) in [6.45, 7) is 4.73. The number of nitrogens with two attached hydrogens (primary N) is 1. The predicted octanol–water partition coefficient (Wildman–Crippen LogP) is 1.71. The van der Waals surface area contributed by atoms with Crippen molar-refractivity contribution in [3.8, 4) is 0 Å².